The van der Waals surface area contributed by atoms with Gasteiger partial charge in [-0.2, -0.15) is 0 Å². The van der Waals surface area contributed by atoms with Gasteiger partial charge in [0.15, 0.2) is 5.78 Å². The summed E-state index contributed by atoms with van der Waals surface area (Å²) in [6.07, 6.45) is 5.36. The minimum absolute atomic E-state index is 0.0396. The predicted octanol–water partition coefficient (Wildman–Crippen LogP) is 3.62. The van der Waals surface area contributed by atoms with Crippen LogP contribution in [0.5, 0.6) is 0 Å². The minimum atomic E-state index is -0.0396. The van der Waals surface area contributed by atoms with E-state index < -0.39 is 0 Å². The van der Waals surface area contributed by atoms with E-state index in [1.165, 1.54) is 4.70 Å². The number of thiophene rings is 1. The van der Waals surface area contributed by atoms with Gasteiger partial charge in [0.2, 0.25) is 0 Å². The fraction of sp³-hybridized carbons (Fsp3) is 0.200. The molecule has 1 unspecified atom stereocenters. The number of benzene rings is 1. The quantitative estimate of drug-likeness (QED) is 0.679. The number of hydrogen-bond donors (Lipinski definition) is 0. The molecule has 2 aromatic heterocycles. The van der Waals surface area contributed by atoms with Crippen LogP contribution in [0.4, 0.5) is 0 Å². The Morgan fingerprint density at radius 2 is 2.26 bits per heavy atom. The SMILES string of the molecule is CC(Cn1ccnc1)C(=O)c1cc2ccccc2s1. The Morgan fingerprint density at radius 3 is 3.00 bits per heavy atom. The average Bonchev–Trinajstić information content (AvgIpc) is 3.05. The van der Waals surface area contributed by atoms with Crippen LogP contribution in [0.3, 0.4) is 0 Å². The van der Waals surface area contributed by atoms with E-state index in [9.17, 15) is 4.79 Å². The van der Waals surface area contributed by atoms with E-state index in [4.69, 9.17) is 0 Å². The van der Waals surface area contributed by atoms with Crippen molar-refractivity contribution in [3.8, 4) is 0 Å². The number of fused-ring (bicyclic) bond motifs is 1. The molecule has 0 bridgehead atoms. The molecule has 0 aliphatic heterocycles. The van der Waals surface area contributed by atoms with Crippen molar-refractivity contribution in [3.05, 3.63) is 53.9 Å². The summed E-state index contributed by atoms with van der Waals surface area (Å²) in [7, 11) is 0. The van der Waals surface area contributed by atoms with Gasteiger partial charge in [0.1, 0.15) is 0 Å². The van der Waals surface area contributed by atoms with Gasteiger partial charge in [-0.3, -0.25) is 4.79 Å². The van der Waals surface area contributed by atoms with E-state index in [1.807, 2.05) is 42.0 Å². The Morgan fingerprint density at radius 1 is 1.42 bits per heavy atom. The second-order valence-electron chi connectivity index (χ2n) is 4.67. The Labute approximate surface area is 115 Å². The highest BCUT2D eigenvalue weighted by atomic mass is 32.1. The van der Waals surface area contributed by atoms with E-state index >= 15 is 0 Å². The van der Waals surface area contributed by atoms with Gasteiger partial charge in [-0.05, 0) is 17.5 Å². The standard InChI is InChI=1S/C15H14N2OS/c1-11(9-17-7-6-16-10-17)15(18)14-8-12-4-2-3-5-13(12)19-14/h2-8,10-11H,9H2,1H3. The highest BCUT2D eigenvalue weighted by Crippen LogP contribution is 2.27. The third-order valence-corrected chi connectivity index (χ3v) is 4.29. The van der Waals surface area contributed by atoms with Crippen molar-refractivity contribution in [3.63, 3.8) is 0 Å². The zero-order chi connectivity index (χ0) is 13.2. The molecule has 0 fully saturated rings. The lowest BCUT2D eigenvalue weighted by molar-refractivity contribution is 0.0922. The van der Waals surface area contributed by atoms with Gasteiger partial charge in [0.05, 0.1) is 11.2 Å². The lowest BCUT2D eigenvalue weighted by atomic mass is 10.1. The van der Waals surface area contributed by atoms with Crippen LogP contribution in [0.1, 0.15) is 16.6 Å². The maximum atomic E-state index is 12.4. The largest absolute Gasteiger partial charge is 0.337 e. The molecule has 0 radical (unpaired) electrons. The predicted molar refractivity (Wildman–Crippen MR) is 77.5 cm³/mol. The molecule has 0 amide bonds. The minimum Gasteiger partial charge on any atom is -0.337 e. The zero-order valence-electron chi connectivity index (χ0n) is 10.6. The third-order valence-electron chi connectivity index (χ3n) is 3.16. The van der Waals surface area contributed by atoms with Crippen molar-refractivity contribution in [1.82, 2.24) is 9.55 Å². The molecule has 2 heterocycles. The van der Waals surface area contributed by atoms with Crippen LogP contribution in [0.15, 0.2) is 49.1 Å². The molecule has 4 heteroatoms. The summed E-state index contributed by atoms with van der Waals surface area (Å²) in [5.74, 6) is 0.164. The van der Waals surface area contributed by atoms with Gasteiger partial charge >= 0.3 is 0 Å². The first-order valence-electron chi connectivity index (χ1n) is 6.22. The fourth-order valence-corrected chi connectivity index (χ4v) is 3.26. The lowest BCUT2D eigenvalue weighted by Crippen LogP contribution is -2.16. The van der Waals surface area contributed by atoms with Crippen molar-refractivity contribution in [2.24, 2.45) is 5.92 Å². The number of nitrogens with zero attached hydrogens (tertiary/aromatic N) is 2. The first-order chi connectivity index (χ1) is 9.24. The summed E-state index contributed by atoms with van der Waals surface area (Å²) < 4.78 is 3.11. The number of rotatable bonds is 4. The van der Waals surface area contributed by atoms with Crippen LogP contribution in [-0.2, 0) is 6.54 Å². The number of Topliss-reactive ketones (excluding diaryl/α,β-unsaturated/α-hetero) is 1. The second-order valence-corrected chi connectivity index (χ2v) is 5.76. The smallest absolute Gasteiger partial charge is 0.177 e. The van der Waals surface area contributed by atoms with Crippen LogP contribution in [0.2, 0.25) is 0 Å². The number of imidazole rings is 1. The molecule has 3 rings (SSSR count). The van der Waals surface area contributed by atoms with E-state index in [2.05, 4.69) is 11.1 Å². The highest BCUT2D eigenvalue weighted by molar-refractivity contribution is 7.20. The number of carbonyl (C=O) groups excluding carboxylic acids is 1. The molecule has 19 heavy (non-hydrogen) atoms. The van der Waals surface area contributed by atoms with Crippen molar-refractivity contribution in [1.29, 1.82) is 0 Å². The van der Waals surface area contributed by atoms with E-state index in [0.717, 1.165) is 10.3 Å². The molecule has 3 aromatic rings. The van der Waals surface area contributed by atoms with Gasteiger partial charge in [-0.15, -0.1) is 11.3 Å². The number of hydrogen-bond acceptors (Lipinski definition) is 3. The fourth-order valence-electron chi connectivity index (χ4n) is 2.14. The topological polar surface area (TPSA) is 34.9 Å². The summed E-state index contributed by atoms with van der Waals surface area (Å²) in [4.78, 5) is 17.3. The van der Waals surface area contributed by atoms with Crippen LogP contribution in [0, 0.1) is 5.92 Å². The molecule has 96 valence electrons. The molecule has 0 spiro atoms. The molecular weight excluding hydrogens is 256 g/mol. The van der Waals surface area contributed by atoms with Crippen LogP contribution >= 0.6 is 11.3 Å². The molecule has 1 atom stereocenters. The molecular formula is C15H14N2OS. The highest BCUT2D eigenvalue weighted by Gasteiger charge is 2.17. The van der Waals surface area contributed by atoms with E-state index in [1.54, 1.807) is 23.9 Å². The second kappa shape index (κ2) is 4.97. The van der Waals surface area contributed by atoms with Gasteiger partial charge < -0.3 is 4.57 Å². The van der Waals surface area contributed by atoms with Crippen molar-refractivity contribution in [2.75, 3.05) is 0 Å². The van der Waals surface area contributed by atoms with E-state index in [0.29, 0.717) is 6.54 Å². The molecule has 1 aromatic carbocycles. The zero-order valence-corrected chi connectivity index (χ0v) is 11.4. The Bertz CT molecular complexity index is 667. The van der Waals surface area contributed by atoms with Crippen molar-refractivity contribution < 1.29 is 4.79 Å². The summed E-state index contributed by atoms with van der Waals surface area (Å²) in [6.45, 7) is 2.64. The van der Waals surface area contributed by atoms with E-state index in [-0.39, 0.29) is 11.7 Å². The van der Waals surface area contributed by atoms with Gasteiger partial charge in [-0.25, -0.2) is 4.98 Å². The van der Waals surface area contributed by atoms with Crippen LogP contribution in [0.25, 0.3) is 10.1 Å². The summed E-state index contributed by atoms with van der Waals surface area (Å²) in [5, 5.41) is 1.14. The van der Waals surface area contributed by atoms with Gasteiger partial charge in [-0.1, -0.05) is 25.1 Å². The number of ketones is 1. The molecule has 3 nitrogen and oxygen atoms in total. The summed E-state index contributed by atoms with van der Waals surface area (Å²) in [5.41, 5.74) is 0. The molecule has 0 aliphatic rings. The monoisotopic (exact) mass is 270 g/mol. The first kappa shape index (κ1) is 12.1. The first-order valence-corrected chi connectivity index (χ1v) is 7.04. The Kier molecular flexibility index (Phi) is 3.17. The summed E-state index contributed by atoms with van der Waals surface area (Å²) in [6, 6.07) is 10.1. The van der Waals surface area contributed by atoms with Crippen LogP contribution < -0.4 is 0 Å². The Hall–Kier alpha value is -1.94. The molecule has 0 aliphatic carbocycles. The Balaban J connectivity index is 1.82. The number of carbonyl (C=O) groups is 1. The van der Waals surface area contributed by atoms with Crippen molar-refractivity contribution >= 4 is 27.2 Å². The van der Waals surface area contributed by atoms with Gasteiger partial charge in [0.25, 0.3) is 0 Å². The van der Waals surface area contributed by atoms with Crippen LogP contribution in [-0.4, -0.2) is 15.3 Å². The molecule has 0 saturated carbocycles. The average molecular weight is 270 g/mol. The third kappa shape index (κ3) is 2.44. The van der Waals surface area contributed by atoms with Crippen molar-refractivity contribution in [2.45, 2.75) is 13.5 Å². The normalized spacial score (nSPS) is 12.7. The van der Waals surface area contributed by atoms with Gasteiger partial charge in [0, 0.05) is 29.6 Å². The molecule has 0 saturated heterocycles. The maximum Gasteiger partial charge on any atom is 0.177 e. The number of aromatic nitrogens is 2. The lowest BCUT2D eigenvalue weighted by Gasteiger charge is -2.09. The molecule has 0 N–H and O–H groups in total. The maximum absolute atomic E-state index is 12.4. The summed E-state index contributed by atoms with van der Waals surface area (Å²) >= 11 is 1.57.